The van der Waals surface area contributed by atoms with Gasteiger partial charge in [-0.25, -0.2) is 4.98 Å². The lowest BCUT2D eigenvalue weighted by Gasteiger charge is -2.32. The van der Waals surface area contributed by atoms with Gasteiger partial charge in [0.2, 0.25) is 0 Å². The van der Waals surface area contributed by atoms with Gasteiger partial charge in [-0.05, 0) is 44.4 Å². The number of hydrogen-bond acceptors (Lipinski definition) is 4. The maximum atomic E-state index is 12.8. The molecule has 124 valence electrons. The van der Waals surface area contributed by atoms with E-state index in [0.29, 0.717) is 17.9 Å². The van der Waals surface area contributed by atoms with Crippen LogP contribution in [0.4, 0.5) is 0 Å². The van der Waals surface area contributed by atoms with Gasteiger partial charge in [0, 0.05) is 31.0 Å². The number of nitrogens with zero attached hydrogens (tertiary/aromatic N) is 4. The molecule has 4 heterocycles. The first-order valence-corrected chi connectivity index (χ1v) is 8.27. The van der Waals surface area contributed by atoms with Gasteiger partial charge in [0.25, 0.3) is 5.91 Å². The molecule has 0 N–H and O–H groups in total. The standard InChI is InChI=1S/C18H20N4O2/c1-12-9-19-22(10-12)14-4-3-7-21(11-14)18(23)17-8-15-16(24-17)6-5-13(2)20-15/h5-6,8-10,14H,3-4,7,11H2,1-2H3/t14-/m0/s1. The molecule has 1 amide bonds. The highest BCUT2D eigenvalue weighted by Crippen LogP contribution is 2.25. The highest BCUT2D eigenvalue weighted by molar-refractivity contribution is 5.95. The van der Waals surface area contributed by atoms with Crippen molar-refractivity contribution < 1.29 is 9.21 Å². The Morgan fingerprint density at radius 2 is 2.21 bits per heavy atom. The molecule has 0 bridgehead atoms. The average molecular weight is 324 g/mol. The van der Waals surface area contributed by atoms with Crippen LogP contribution in [-0.2, 0) is 0 Å². The van der Waals surface area contributed by atoms with E-state index in [4.69, 9.17) is 4.42 Å². The van der Waals surface area contributed by atoms with E-state index in [2.05, 4.69) is 10.1 Å². The Labute approximate surface area is 140 Å². The van der Waals surface area contributed by atoms with Gasteiger partial charge in [-0.1, -0.05) is 0 Å². The molecular formula is C18H20N4O2. The number of fused-ring (bicyclic) bond motifs is 1. The van der Waals surface area contributed by atoms with Gasteiger partial charge in [-0.15, -0.1) is 0 Å². The molecule has 0 aliphatic carbocycles. The summed E-state index contributed by atoms with van der Waals surface area (Å²) >= 11 is 0. The number of piperidine rings is 1. The summed E-state index contributed by atoms with van der Waals surface area (Å²) in [5, 5.41) is 4.40. The second-order valence-electron chi connectivity index (χ2n) is 6.49. The van der Waals surface area contributed by atoms with Gasteiger partial charge < -0.3 is 9.32 Å². The molecule has 3 aromatic heterocycles. The zero-order valence-electron chi connectivity index (χ0n) is 13.9. The van der Waals surface area contributed by atoms with E-state index in [-0.39, 0.29) is 11.9 Å². The first-order chi connectivity index (χ1) is 11.6. The van der Waals surface area contributed by atoms with Crippen molar-refractivity contribution in [3.05, 3.63) is 47.6 Å². The lowest BCUT2D eigenvalue weighted by molar-refractivity contribution is 0.0643. The van der Waals surface area contributed by atoms with Crippen LogP contribution in [0.15, 0.2) is 35.0 Å². The zero-order valence-corrected chi connectivity index (χ0v) is 13.9. The highest BCUT2D eigenvalue weighted by atomic mass is 16.3. The molecule has 1 fully saturated rings. The first-order valence-electron chi connectivity index (χ1n) is 8.27. The molecule has 1 aliphatic heterocycles. The molecule has 0 radical (unpaired) electrons. The van der Waals surface area contributed by atoms with Crippen LogP contribution < -0.4 is 0 Å². The predicted molar refractivity (Wildman–Crippen MR) is 89.9 cm³/mol. The van der Waals surface area contributed by atoms with Gasteiger partial charge in [0.15, 0.2) is 11.3 Å². The summed E-state index contributed by atoms with van der Waals surface area (Å²) in [6, 6.07) is 5.71. The average Bonchev–Trinajstić information content (AvgIpc) is 3.20. The summed E-state index contributed by atoms with van der Waals surface area (Å²) in [5.74, 6) is 0.291. The molecule has 1 aliphatic rings. The smallest absolute Gasteiger partial charge is 0.289 e. The van der Waals surface area contributed by atoms with Crippen molar-refractivity contribution >= 4 is 17.0 Å². The third kappa shape index (κ3) is 2.68. The number of rotatable bonds is 2. The third-order valence-electron chi connectivity index (χ3n) is 4.51. The van der Waals surface area contributed by atoms with Crippen molar-refractivity contribution in [3.63, 3.8) is 0 Å². The third-order valence-corrected chi connectivity index (χ3v) is 4.51. The Morgan fingerprint density at radius 3 is 3.00 bits per heavy atom. The molecule has 24 heavy (non-hydrogen) atoms. The Bertz CT molecular complexity index is 895. The monoisotopic (exact) mass is 324 g/mol. The largest absolute Gasteiger partial charge is 0.449 e. The van der Waals surface area contributed by atoms with Gasteiger partial charge in [-0.2, -0.15) is 5.10 Å². The molecule has 6 nitrogen and oxygen atoms in total. The van der Waals surface area contributed by atoms with Crippen molar-refractivity contribution in [2.45, 2.75) is 32.7 Å². The normalized spacial score (nSPS) is 18.2. The minimum atomic E-state index is -0.0702. The van der Waals surface area contributed by atoms with Crippen molar-refractivity contribution in [1.82, 2.24) is 19.7 Å². The summed E-state index contributed by atoms with van der Waals surface area (Å²) in [5.41, 5.74) is 3.43. The molecular weight excluding hydrogens is 304 g/mol. The topological polar surface area (TPSA) is 64.2 Å². The second-order valence-corrected chi connectivity index (χ2v) is 6.49. The molecule has 0 spiro atoms. The Morgan fingerprint density at radius 1 is 1.33 bits per heavy atom. The van der Waals surface area contributed by atoms with Crippen molar-refractivity contribution in [2.24, 2.45) is 0 Å². The van der Waals surface area contributed by atoms with E-state index in [1.165, 1.54) is 0 Å². The molecule has 0 saturated carbocycles. The SMILES string of the molecule is Cc1cnn([C@H]2CCCN(C(=O)c3cc4nc(C)ccc4o3)C2)c1. The number of amides is 1. The van der Waals surface area contributed by atoms with E-state index in [1.54, 1.807) is 6.07 Å². The summed E-state index contributed by atoms with van der Waals surface area (Å²) in [6.45, 7) is 5.36. The van der Waals surface area contributed by atoms with Crippen LogP contribution in [-0.4, -0.2) is 38.7 Å². The number of furan rings is 1. The minimum absolute atomic E-state index is 0.0702. The summed E-state index contributed by atoms with van der Waals surface area (Å²) in [7, 11) is 0. The summed E-state index contributed by atoms with van der Waals surface area (Å²) in [6.07, 6.45) is 5.89. The maximum absolute atomic E-state index is 12.8. The van der Waals surface area contributed by atoms with Crippen molar-refractivity contribution in [3.8, 4) is 0 Å². The van der Waals surface area contributed by atoms with Crippen LogP contribution in [0.2, 0.25) is 0 Å². The van der Waals surface area contributed by atoms with Crippen LogP contribution in [0.5, 0.6) is 0 Å². The number of carbonyl (C=O) groups is 1. The fourth-order valence-corrected chi connectivity index (χ4v) is 3.27. The zero-order chi connectivity index (χ0) is 16.7. The molecule has 1 saturated heterocycles. The molecule has 4 rings (SSSR count). The molecule has 6 heteroatoms. The number of carbonyl (C=O) groups excluding carboxylic acids is 1. The van der Waals surface area contributed by atoms with Crippen molar-refractivity contribution in [1.29, 1.82) is 0 Å². The molecule has 3 aromatic rings. The van der Waals surface area contributed by atoms with E-state index in [9.17, 15) is 4.79 Å². The minimum Gasteiger partial charge on any atom is -0.449 e. The molecule has 0 unspecified atom stereocenters. The number of hydrogen-bond donors (Lipinski definition) is 0. The van der Waals surface area contributed by atoms with Gasteiger partial charge in [0.05, 0.1) is 12.2 Å². The van der Waals surface area contributed by atoms with Gasteiger partial charge in [0.1, 0.15) is 5.52 Å². The Balaban J connectivity index is 1.56. The Hall–Kier alpha value is -2.63. The lowest BCUT2D eigenvalue weighted by Crippen LogP contribution is -2.40. The van der Waals surface area contributed by atoms with Gasteiger partial charge in [-0.3, -0.25) is 9.48 Å². The van der Waals surface area contributed by atoms with Gasteiger partial charge >= 0.3 is 0 Å². The van der Waals surface area contributed by atoms with Crippen LogP contribution in [0, 0.1) is 13.8 Å². The van der Waals surface area contributed by atoms with E-state index >= 15 is 0 Å². The molecule has 0 aromatic carbocycles. The maximum Gasteiger partial charge on any atom is 0.289 e. The number of pyridine rings is 1. The van der Waals surface area contributed by atoms with Crippen LogP contribution in [0.1, 0.15) is 40.7 Å². The second kappa shape index (κ2) is 5.78. The highest BCUT2D eigenvalue weighted by Gasteiger charge is 2.27. The summed E-state index contributed by atoms with van der Waals surface area (Å²) < 4.78 is 7.68. The van der Waals surface area contributed by atoms with Crippen LogP contribution in [0.3, 0.4) is 0 Å². The fourth-order valence-electron chi connectivity index (χ4n) is 3.27. The van der Waals surface area contributed by atoms with E-state index in [0.717, 1.165) is 36.2 Å². The van der Waals surface area contributed by atoms with E-state index in [1.807, 2.05) is 48.0 Å². The van der Waals surface area contributed by atoms with Crippen LogP contribution in [0.25, 0.3) is 11.1 Å². The van der Waals surface area contributed by atoms with Crippen LogP contribution >= 0.6 is 0 Å². The lowest BCUT2D eigenvalue weighted by atomic mass is 10.1. The fraction of sp³-hybridized carbons (Fsp3) is 0.389. The number of aryl methyl sites for hydroxylation is 2. The predicted octanol–water partition coefficient (Wildman–Crippen LogP) is 3.12. The number of aromatic nitrogens is 3. The quantitative estimate of drug-likeness (QED) is 0.726. The number of likely N-dealkylation sites (tertiary alicyclic amines) is 1. The van der Waals surface area contributed by atoms with Crippen molar-refractivity contribution in [2.75, 3.05) is 13.1 Å². The van der Waals surface area contributed by atoms with E-state index < -0.39 is 0 Å². The summed E-state index contributed by atoms with van der Waals surface area (Å²) in [4.78, 5) is 19.1. The first kappa shape index (κ1) is 14.9. The Kier molecular flexibility index (Phi) is 3.59. The molecule has 1 atom stereocenters.